The highest BCUT2D eigenvalue weighted by atomic mass is 19.4. The van der Waals surface area contributed by atoms with Crippen molar-refractivity contribution >= 4 is 101 Å². The number of hydrogen-bond acceptors (Lipinski definition) is 20. The van der Waals surface area contributed by atoms with Crippen LogP contribution in [0.25, 0.3) is 0 Å². The second-order valence-corrected chi connectivity index (χ2v) is 23.4. The van der Waals surface area contributed by atoms with Crippen molar-refractivity contribution in [3.05, 3.63) is 59.7 Å². The van der Waals surface area contributed by atoms with Crippen LogP contribution in [-0.2, 0) is 75.2 Å². The topological polar surface area (TPSA) is 674 Å². The molecule has 0 aromatic heterocycles. The molecule has 3 rings (SSSR count). The lowest BCUT2D eigenvalue weighted by Gasteiger charge is -2.28. The number of carbonyl (C=O) groups excluding carboxylic acids is 10. The Kier molecular flexibility index (Phi) is 45.7. The predicted molar refractivity (Wildman–Crippen MR) is 365 cm³/mol. The number of benzene rings is 2. The van der Waals surface area contributed by atoms with Crippen molar-refractivity contribution in [1.29, 1.82) is 0 Å². The lowest BCUT2D eigenvalue weighted by atomic mass is 10.00. The predicted octanol–water partition coefficient (Wildman–Crippen LogP) is -1.84. The smallest absolute Gasteiger partial charge is 0.490 e. The molecule has 0 radical (unpaired) electrons. The summed E-state index contributed by atoms with van der Waals surface area (Å²) < 4.78 is 127. The van der Waals surface area contributed by atoms with E-state index in [0.29, 0.717) is 11.1 Å². The van der Waals surface area contributed by atoms with Gasteiger partial charge < -0.3 is 113 Å². The van der Waals surface area contributed by atoms with Gasteiger partial charge in [-0.05, 0) is 92.7 Å². The van der Waals surface area contributed by atoms with Gasteiger partial charge in [-0.2, -0.15) is 52.7 Å². The van der Waals surface area contributed by atoms with E-state index in [0.717, 1.165) is 0 Å². The normalized spacial score (nSPS) is 17.0. The summed E-state index contributed by atoms with van der Waals surface area (Å²) in [6, 6.07) is 0.979. The molecule has 51 heteroatoms. The number of hydrogen-bond donors (Lipinski definition) is 22. The van der Waals surface area contributed by atoms with Crippen molar-refractivity contribution in [2.45, 2.75) is 165 Å². The number of carboxylic acid groups (broad SMARTS) is 4. The number of alkyl halides is 12. The number of guanidine groups is 3. The molecule has 2 aromatic carbocycles. The SMILES string of the molecule is CCC(=O)N[C@H]1CCC(=O)NCCNC(=O)NC(N)=NCCC[C@@H](C(=O)N[C@@H](CC(C)C)C(=O)N[C@@H](CCCN=C(N)N)C(=O)N[C@@H](Cc2ccc(O)cc2)C(N)=O)NC(=O)[C@H](Cc2ccc(O)cc2)NC(=O)[C@H](CCCN=C(N)N)NC1=O.O=C(O)C(F)(F)F.O=C(O)C(F)(F)F.O=C(O)C(F)(F)F.O=C(O)C(F)(F)F. The van der Waals surface area contributed by atoms with Gasteiger partial charge in [0, 0.05) is 58.4 Å². The van der Waals surface area contributed by atoms with Gasteiger partial charge >= 0.3 is 54.6 Å². The first-order valence-corrected chi connectivity index (χ1v) is 32.5. The second-order valence-electron chi connectivity index (χ2n) is 23.4. The van der Waals surface area contributed by atoms with Gasteiger partial charge in [0.05, 0.1) is 0 Å². The molecule has 1 aliphatic heterocycles. The van der Waals surface area contributed by atoms with E-state index < -0.39 is 150 Å². The van der Waals surface area contributed by atoms with Crippen LogP contribution < -0.4 is 87.6 Å². The number of phenols is 2. The summed E-state index contributed by atoms with van der Waals surface area (Å²) in [6.45, 7) is 4.91. The molecule has 11 amide bonds. The Hall–Kier alpha value is -12.4. The van der Waals surface area contributed by atoms with E-state index in [1.165, 1.54) is 48.5 Å². The zero-order valence-electron chi connectivity index (χ0n) is 59.5. The van der Waals surface area contributed by atoms with Crippen LogP contribution in [0.15, 0.2) is 63.5 Å². The number of aliphatic imine (C=N–C) groups is 3. The van der Waals surface area contributed by atoms with Crippen LogP contribution in [0.1, 0.15) is 96.1 Å². The fourth-order valence-electron chi connectivity index (χ4n) is 8.32. The van der Waals surface area contributed by atoms with E-state index in [4.69, 9.17) is 74.0 Å². The highest BCUT2D eigenvalue weighted by molar-refractivity contribution is 5.98. The van der Waals surface area contributed by atoms with E-state index in [-0.39, 0.29) is 145 Å². The number of aliphatic carboxylic acids is 4. The van der Waals surface area contributed by atoms with Gasteiger partial charge in [-0.3, -0.25) is 63.4 Å². The molecule has 2 aromatic rings. The van der Waals surface area contributed by atoms with Gasteiger partial charge in [0.2, 0.25) is 53.2 Å². The van der Waals surface area contributed by atoms with Crippen molar-refractivity contribution in [3.63, 3.8) is 0 Å². The van der Waals surface area contributed by atoms with E-state index in [1.54, 1.807) is 20.8 Å². The molecular formula is C61H87F12N19O20. The van der Waals surface area contributed by atoms with E-state index in [1.807, 2.05) is 0 Å². The maximum absolute atomic E-state index is 14.8. The van der Waals surface area contributed by atoms with Crippen molar-refractivity contribution in [2.24, 2.45) is 55.3 Å². The zero-order chi connectivity index (χ0) is 86.6. The summed E-state index contributed by atoms with van der Waals surface area (Å²) in [7, 11) is 0. The average Bonchev–Trinajstić information content (AvgIpc) is 0.847. The van der Waals surface area contributed by atoms with Gasteiger partial charge in [-0.15, -0.1) is 0 Å². The number of halogens is 12. The Morgan fingerprint density at radius 3 is 1.47 bits per heavy atom. The Balaban J connectivity index is 0. The van der Waals surface area contributed by atoms with Crippen LogP contribution in [0, 0.1) is 5.92 Å². The quantitative estimate of drug-likeness (QED) is 0.0252. The number of nitrogens with two attached hydrogens (primary N) is 6. The van der Waals surface area contributed by atoms with E-state index in [2.05, 4.69) is 68.1 Å². The highest BCUT2D eigenvalue weighted by Gasteiger charge is 2.41. The summed E-state index contributed by atoms with van der Waals surface area (Å²) >= 11 is 0. The molecule has 1 heterocycles. The van der Waals surface area contributed by atoms with Crippen molar-refractivity contribution < 1.29 is 150 Å². The lowest BCUT2D eigenvalue weighted by molar-refractivity contribution is -0.193. The first-order valence-electron chi connectivity index (χ1n) is 32.5. The number of amides is 11. The van der Waals surface area contributed by atoms with E-state index >= 15 is 0 Å². The molecule has 28 N–H and O–H groups in total. The largest absolute Gasteiger partial charge is 0.508 e. The highest BCUT2D eigenvalue weighted by Crippen LogP contribution is 2.19. The fourth-order valence-corrected chi connectivity index (χ4v) is 8.32. The molecule has 0 spiro atoms. The maximum Gasteiger partial charge on any atom is 0.490 e. The number of urea groups is 1. The number of carboxylic acids is 4. The third-order valence-corrected chi connectivity index (χ3v) is 13.7. The van der Waals surface area contributed by atoms with Gasteiger partial charge in [-0.1, -0.05) is 45.0 Å². The van der Waals surface area contributed by atoms with Gasteiger partial charge in [0.1, 0.15) is 53.8 Å². The van der Waals surface area contributed by atoms with Gasteiger partial charge in [0.25, 0.3) is 0 Å². The number of rotatable bonds is 23. The molecule has 7 atom stereocenters. The molecule has 0 saturated heterocycles. The van der Waals surface area contributed by atoms with Crippen LogP contribution in [0.2, 0.25) is 0 Å². The first kappa shape index (κ1) is 102. The van der Waals surface area contributed by atoms with Gasteiger partial charge in [-0.25, -0.2) is 24.0 Å². The Bertz CT molecular complexity index is 3450. The molecule has 0 saturated carbocycles. The lowest BCUT2D eigenvalue weighted by Crippen LogP contribution is -2.60. The standard InChI is InChI=1S/C53H83N19O12.4C2HF3O2/c1-4-41(75)65-37-19-20-42(76)60-24-25-64-53(84)72-52(59)63-23-7-10-36(68-49(83)40(28-31-13-17-33(74)18-14-31)71-46(80)35(66-47(37)81)9-6-22-62-51(57)58)45(79)70-39(26-29(2)3)48(82)67-34(8-5-21-61-50(55)56)44(78)69-38(43(54)77)27-30-11-15-32(73)16-12-30;4*3-2(4,5)1(6)7/h11-18,29,34-40,73-74H,4-10,19-28H2,1-3H3,(H2,54,77)(H,60,76)(H,65,75)(H,66,81)(H,67,82)(H,68,83)(H,69,78)(H,70,79)(H,71,80)(H4,55,56,61)(H4,57,58,62)(H4,59,63,64,72,84);4*(H,6,7)/t34-,35-,36-,37-,38-,39-,40-;;;;/m0..../s1. The summed E-state index contributed by atoms with van der Waals surface area (Å²) in [6.07, 6.45) is -21.3. The van der Waals surface area contributed by atoms with Crippen LogP contribution >= 0.6 is 0 Å². The van der Waals surface area contributed by atoms with Crippen LogP contribution in [-0.4, -0.2) is 231 Å². The number of carbonyl (C=O) groups is 14. The van der Waals surface area contributed by atoms with Crippen molar-refractivity contribution in [3.8, 4) is 11.5 Å². The third-order valence-electron chi connectivity index (χ3n) is 13.7. The molecule has 0 bridgehead atoms. The Morgan fingerprint density at radius 1 is 0.580 bits per heavy atom. The third kappa shape index (κ3) is 47.4. The Morgan fingerprint density at radius 2 is 1.02 bits per heavy atom. The number of phenolic OH excluding ortho intramolecular Hbond substituents is 2. The maximum atomic E-state index is 14.8. The summed E-state index contributed by atoms with van der Waals surface area (Å²) in [4.78, 5) is 185. The van der Waals surface area contributed by atoms with Crippen LogP contribution in [0.3, 0.4) is 0 Å². The second kappa shape index (κ2) is 50.3. The minimum atomic E-state index is -5.08. The Labute approximate surface area is 627 Å². The molecule has 630 valence electrons. The van der Waals surface area contributed by atoms with Crippen molar-refractivity contribution in [2.75, 3.05) is 32.7 Å². The molecule has 0 fully saturated rings. The average molecular weight is 1630 g/mol. The number of nitrogens with one attached hydrogen (secondary N) is 10. The van der Waals surface area contributed by atoms with Crippen LogP contribution in [0.4, 0.5) is 57.5 Å². The van der Waals surface area contributed by atoms with Crippen LogP contribution in [0.5, 0.6) is 11.5 Å². The molecule has 112 heavy (non-hydrogen) atoms. The molecule has 39 nitrogen and oxygen atoms in total. The summed E-state index contributed by atoms with van der Waals surface area (Å²) in [5, 5.41) is 74.4. The minimum Gasteiger partial charge on any atom is -0.508 e. The number of primary amides is 1. The number of aromatic hydroxyl groups is 2. The van der Waals surface area contributed by atoms with Crippen molar-refractivity contribution in [1.82, 2.24) is 53.2 Å². The molecule has 0 unspecified atom stereocenters. The monoisotopic (exact) mass is 1630 g/mol. The first-order chi connectivity index (χ1) is 51.6. The van der Waals surface area contributed by atoms with Gasteiger partial charge in [0.15, 0.2) is 17.9 Å². The van der Waals surface area contributed by atoms with E-state index in [9.17, 15) is 111 Å². The fraction of sp³-hybridized carbons (Fsp3) is 0.525. The molecule has 0 aliphatic carbocycles. The molecule has 1 aliphatic rings. The zero-order valence-corrected chi connectivity index (χ0v) is 59.5. The number of nitrogens with zero attached hydrogens (tertiary/aromatic N) is 3. The summed E-state index contributed by atoms with van der Waals surface area (Å²) in [5.41, 5.74) is 34.8. The molecular weight excluding hydrogens is 1550 g/mol. The summed E-state index contributed by atoms with van der Waals surface area (Å²) in [5.74, 6) is -19.4. The minimum absolute atomic E-state index is 0.00722.